The number of amides is 3. The molecule has 4 heterocycles. The Labute approximate surface area is 208 Å². The van der Waals surface area contributed by atoms with Crippen LogP contribution in [-0.4, -0.2) is 79.6 Å². The maximum atomic E-state index is 13.2. The highest BCUT2D eigenvalue weighted by atomic mass is 16.5. The van der Waals surface area contributed by atoms with Crippen LogP contribution in [0, 0.1) is 11.3 Å². The van der Waals surface area contributed by atoms with Crippen molar-refractivity contribution in [3.05, 3.63) is 40.7 Å². The maximum Gasteiger partial charge on any atom is 0.328 e. The molecule has 1 fully saturated rings. The van der Waals surface area contributed by atoms with Gasteiger partial charge in [0.15, 0.2) is 6.29 Å². The minimum absolute atomic E-state index is 0.0303. The summed E-state index contributed by atoms with van der Waals surface area (Å²) in [4.78, 5) is 49.0. The Bertz CT molecular complexity index is 1200. The molecule has 2 aromatic heterocycles. The normalized spacial score (nSPS) is 15.2. The van der Waals surface area contributed by atoms with E-state index in [9.17, 15) is 19.6 Å². The number of carbonyl (C=O) groups excluding carboxylic acids is 3. The van der Waals surface area contributed by atoms with Crippen LogP contribution in [0.15, 0.2) is 18.3 Å². The number of nitrogens with one attached hydrogen (secondary N) is 2. The number of nitrogens with zero attached hydrogens (tertiary/aromatic N) is 5. The summed E-state index contributed by atoms with van der Waals surface area (Å²) < 4.78 is 10.5. The Kier molecular flexibility index (Phi) is 8.04. The number of pyridine rings is 2. The van der Waals surface area contributed by atoms with Crippen LogP contribution in [0.5, 0.6) is 5.75 Å². The van der Waals surface area contributed by atoms with E-state index in [2.05, 4.69) is 20.6 Å². The molecule has 3 amide bonds. The zero-order chi connectivity index (χ0) is 25.5. The highest BCUT2D eigenvalue weighted by molar-refractivity contribution is 6.01. The molecule has 188 valence electrons. The zero-order valence-corrected chi connectivity index (χ0v) is 20.0. The number of nitriles is 1. The van der Waals surface area contributed by atoms with E-state index in [-0.39, 0.29) is 41.9 Å². The number of carbonyl (C=O) groups is 3. The number of hydrogen-bond donors (Lipinski definition) is 2. The van der Waals surface area contributed by atoms with E-state index < -0.39 is 6.03 Å². The molecule has 2 N–H and O–H groups in total. The first kappa shape index (κ1) is 25.0. The Hall–Kier alpha value is -4.08. The van der Waals surface area contributed by atoms with E-state index in [1.54, 1.807) is 12.0 Å². The topological polar surface area (TPSA) is 150 Å². The number of ether oxygens (including phenoxy) is 2. The molecule has 0 aromatic carbocycles. The molecule has 0 spiro atoms. The first-order valence-corrected chi connectivity index (χ1v) is 11.6. The summed E-state index contributed by atoms with van der Waals surface area (Å²) in [5.74, 6) is 0.870. The number of hydrogen-bond acceptors (Lipinski definition) is 9. The number of fused-ring (bicyclic) bond motifs is 1. The van der Waals surface area contributed by atoms with Gasteiger partial charge >= 0.3 is 6.03 Å². The second-order valence-electron chi connectivity index (χ2n) is 8.33. The molecule has 0 bridgehead atoms. The van der Waals surface area contributed by atoms with E-state index in [0.29, 0.717) is 63.3 Å². The Morgan fingerprint density at radius 1 is 1.33 bits per heavy atom. The highest BCUT2D eigenvalue weighted by Crippen LogP contribution is 2.29. The van der Waals surface area contributed by atoms with Gasteiger partial charge in [0.25, 0.3) is 0 Å². The van der Waals surface area contributed by atoms with Gasteiger partial charge in [-0.1, -0.05) is 0 Å². The van der Waals surface area contributed by atoms with Crippen molar-refractivity contribution in [1.82, 2.24) is 20.2 Å². The number of aldehydes is 1. The van der Waals surface area contributed by atoms with Crippen LogP contribution >= 0.6 is 0 Å². The fourth-order valence-corrected chi connectivity index (χ4v) is 4.12. The van der Waals surface area contributed by atoms with Gasteiger partial charge in [-0.3, -0.25) is 19.8 Å². The number of methoxy groups -OCH3 is 1. The number of anilines is 2. The van der Waals surface area contributed by atoms with E-state index >= 15 is 0 Å². The molecular weight excluding hydrogens is 466 g/mol. The number of rotatable bonds is 8. The van der Waals surface area contributed by atoms with Crippen molar-refractivity contribution in [2.24, 2.45) is 0 Å². The predicted octanol–water partition coefficient (Wildman–Crippen LogP) is 1.10. The van der Waals surface area contributed by atoms with E-state index in [1.807, 2.05) is 12.1 Å². The Morgan fingerprint density at radius 3 is 2.94 bits per heavy atom. The molecule has 0 radical (unpaired) electrons. The lowest BCUT2D eigenvalue weighted by Crippen LogP contribution is -2.47. The summed E-state index contributed by atoms with van der Waals surface area (Å²) >= 11 is 0. The van der Waals surface area contributed by atoms with Crippen molar-refractivity contribution in [1.29, 1.82) is 5.26 Å². The van der Waals surface area contributed by atoms with Crippen molar-refractivity contribution >= 4 is 29.9 Å². The molecule has 36 heavy (non-hydrogen) atoms. The molecule has 0 saturated carbocycles. The molecule has 0 aliphatic carbocycles. The smallest absolute Gasteiger partial charge is 0.328 e. The van der Waals surface area contributed by atoms with E-state index in [1.165, 1.54) is 17.2 Å². The highest BCUT2D eigenvalue weighted by Gasteiger charge is 2.27. The van der Waals surface area contributed by atoms with Gasteiger partial charge in [0.05, 0.1) is 19.3 Å². The Balaban J connectivity index is 1.54. The van der Waals surface area contributed by atoms with Gasteiger partial charge in [-0.2, -0.15) is 5.26 Å². The lowest BCUT2D eigenvalue weighted by molar-refractivity contribution is -0.132. The SMILES string of the molecule is COCCOc1cc(NC(=O)N2CCCc3cc(CN4CCNCC4=O)c(C=O)nc32)ncc1C#N. The van der Waals surface area contributed by atoms with Crippen LogP contribution in [0.1, 0.15) is 33.6 Å². The second kappa shape index (κ2) is 11.6. The summed E-state index contributed by atoms with van der Waals surface area (Å²) in [7, 11) is 1.54. The second-order valence-corrected chi connectivity index (χ2v) is 8.33. The summed E-state index contributed by atoms with van der Waals surface area (Å²) in [6.07, 6.45) is 3.38. The molecule has 0 unspecified atom stereocenters. The van der Waals surface area contributed by atoms with Crippen LogP contribution in [0.3, 0.4) is 0 Å². The monoisotopic (exact) mass is 493 g/mol. The minimum Gasteiger partial charge on any atom is -0.490 e. The van der Waals surface area contributed by atoms with Crippen molar-refractivity contribution < 1.29 is 23.9 Å². The zero-order valence-electron chi connectivity index (χ0n) is 20.0. The largest absolute Gasteiger partial charge is 0.490 e. The van der Waals surface area contributed by atoms with Crippen LogP contribution in [0.25, 0.3) is 0 Å². The molecule has 2 aliphatic heterocycles. The lowest BCUT2D eigenvalue weighted by atomic mass is 10.0. The van der Waals surface area contributed by atoms with Crippen LogP contribution in [-0.2, 0) is 22.5 Å². The van der Waals surface area contributed by atoms with Crippen molar-refractivity contribution in [3.63, 3.8) is 0 Å². The van der Waals surface area contributed by atoms with Gasteiger partial charge in [0.2, 0.25) is 5.91 Å². The quantitative estimate of drug-likeness (QED) is 0.407. The standard InChI is InChI=1S/C24H27N7O5/c1-35-7-8-36-20-10-21(27-12-18(20)11-25)29-24(34)31-5-2-3-16-9-17(19(15-32)28-23(16)31)14-30-6-4-26-13-22(30)33/h9-10,12,15,26H,2-8,13-14H2,1H3,(H,27,29,34). The van der Waals surface area contributed by atoms with Crippen LogP contribution < -0.4 is 20.3 Å². The van der Waals surface area contributed by atoms with Crippen LogP contribution in [0.4, 0.5) is 16.4 Å². The minimum atomic E-state index is -0.467. The van der Waals surface area contributed by atoms with E-state index in [0.717, 1.165) is 5.56 Å². The van der Waals surface area contributed by atoms with Crippen molar-refractivity contribution in [2.45, 2.75) is 19.4 Å². The van der Waals surface area contributed by atoms with Gasteiger partial charge in [0.1, 0.15) is 41.3 Å². The number of aryl methyl sites for hydroxylation is 1. The lowest BCUT2D eigenvalue weighted by Gasteiger charge is -2.31. The summed E-state index contributed by atoms with van der Waals surface area (Å²) in [5.41, 5.74) is 1.93. The third-order valence-electron chi connectivity index (χ3n) is 5.95. The number of urea groups is 1. The molecule has 1 saturated heterocycles. The first-order valence-electron chi connectivity index (χ1n) is 11.6. The fourth-order valence-electron chi connectivity index (χ4n) is 4.12. The van der Waals surface area contributed by atoms with Crippen LogP contribution in [0.2, 0.25) is 0 Å². The van der Waals surface area contributed by atoms with Gasteiger partial charge in [0, 0.05) is 44.9 Å². The van der Waals surface area contributed by atoms with Gasteiger partial charge < -0.3 is 19.7 Å². The molecule has 4 rings (SSSR count). The molecule has 2 aliphatic rings. The summed E-state index contributed by atoms with van der Waals surface area (Å²) in [6.45, 7) is 2.80. The fraction of sp³-hybridized carbons (Fsp3) is 0.417. The third kappa shape index (κ3) is 5.59. The molecule has 12 heteroatoms. The number of aromatic nitrogens is 2. The summed E-state index contributed by atoms with van der Waals surface area (Å²) in [5, 5.41) is 15.0. The molecule has 12 nitrogen and oxygen atoms in total. The predicted molar refractivity (Wildman–Crippen MR) is 129 cm³/mol. The molecule has 0 atom stereocenters. The van der Waals surface area contributed by atoms with Crippen molar-refractivity contribution in [3.8, 4) is 11.8 Å². The summed E-state index contributed by atoms with van der Waals surface area (Å²) in [6, 6.07) is 4.88. The average molecular weight is 494 g/mol. The first-order chi connectivity index (χ1) is 17.5. The van der Waals surface area contributed by atoms with Gasteiger partial charge in [-0.05, 0) is 24.5 Å². The van der Waals surface area contributed by atoms with Gasteiger partial charge in [-0.15, -0.1) is 0 Å². The van der Waals surface area contributed by atoms with E-state index in [4.69, 9.17) is 9.47 Å². The maximum absolute atomic E-state index is 13.2. The van der Waals surface area contributed by atoms with Gasteiger partial charge in [-0.25, -0.2) is 14.8 Å². The third-order valence-corrected chi connectivity index (χ3v) is 5.95. The van der Waals surface area contributed by atoms with Crippen molar-refractivity contribution in [2.75, 3.05) is 56.7 Å². The average Bonchev–Trinajstić information content (AvgIpc) is 2.89. The number of piperazine rings is 1. The Morgan fingerprint density at radius 2 is 2.19 bits per heavy atom. The molecule has 2 aromatic rings. The molecular formula is C24H27N7O5.